The number of aromatic hydroxyl groups is 1. The number of phenols is 1. The van der Waals surface area contributed by atoms with Crippen LogP contribution in [0.25, 0.3) is 11.0 Å². The lowest BCUT2D eigenvalue weighted by molar-refractivity contribution is 0.101. The molecule has 0 aliphatic carbocycles. The average Bonchev–Trinajstić information content (AvgIpc) is 3.18. The summed E-state index contributed by atoms with van der Waals surface area (Å²) >= 11 is 0. The van der Waals surface area contributed by atoms with E-state index in [0.29, 0.717) is 29.4 Å². The van der Waals surface area contributed by atoms with Gasteiger partial charge in [-0.05, 0) is 63.2 Å². The summed E-state index contributed by atoms with van der Waals surface area (Å²) in [5.41, 5.74) is 1.93. The molecule has 1 aliphatic heterocycles. The van der Waals surface area contributed by atoms with Crippen molar-refractivity contribution in [2.75, 3.05) is 26.2 Å². The first-order chi connectivity index (χ1) is 15.0. The standard InChI is InChI=1S/C24H25FN2O4.ClH/c1-16(28)18-4-7-21(29)23(14-18)30-13-3-2-10-27-11-8-17(9-12-27)24-20-6-5-19(25)15-22(20)31-26-24;/h2-7,14-15,17,29H,8-13H2,1H3;1H/b3-2+;. The lowest BCUT2D eigenvalue weighted by atomic mass is 9.91. The van der Waals surface area contributed by atoms with Crippen molar-refractivity contribution < 1.29 is 23.6 Å². The quantitative estimate of drug-likeness (QED) is 0.390. The van der Waals surface area contributed by atoms with Crippen molar-refractivity contribution in [1.82, 2.24) is 10.1 Å². The van der Waals surface area contributed by atoms with E-state index in [4.69, 9.17) is 9.26 Å². The number of likely N-dealkylation sites (tertiary alicyclic amines) is 1. The molecular formula is C24H26ClFN2O4. The first-order valence-electron chi connectivity index (χ1n) is 10.4. The van der Waals surface area contributed by atoms with E-state index in [1.54, 1.807) is 18.2 Å². The topological polar surface area (TPSA) is 75.8 Å². The maximum absolute atomic E-state index is 13.3. The maximum Gasteiger partial charge on any atom is 0.170 e. The maximum atomic E-state index is 13.3. The molecule has 170 valence electrons. The van der Waals surface area contributed by atoms with Gasteiger partial charge in [-0.25, -0.2) is 4.39 Å². The normalized spacial score (nSPS) is 15.2. The number of rotatable bonds is 7. The summed E-state index contributed by atoms with van der Waals surface area (Å²) in [4.78, 5) is 13.8. The Kier molecular flexibility index (Phi) is 7.88. The van der Waals surface area contributed by atoms with Crippen LogP contribution in [0.5, 0.6) is 11.5 Å². The van der Waals surface area contributed by atoms with Gasteiger partial charge < -0.3 is 14.4 Å². The van der Waals surface area contributed by atoms with Crippen LogP contribution in [-0.2, 0) is 0 Å². The molecule has 2 heterocycles. The number of ether oxygens (including phenoxy) is 1. The van der Waals surface area contributed by atoms with Crippen molar-refractivity contribution in [2.24, 2.45) is 0 Å². The molecule has 6 nitrogen and oxygen atoms in total. The minimum atomic E-state index is -0.317. The first-order valence-corrected chi connectivity index (χ1v) is 10.4. The number of Topliss-reactive ketones (excluding diaryl/α,β-unsaturated/α-hetero) is 1. The van der Waals surface area contributed by atoms with E-state index in [2.05, 4.69) is 10.1 Å². The summed E-state index contributed by atoms with van der Waals surface area (Å²) in [5, 5.41) is 15.0. The number of phenolic OH excluding ortho intramolecular Hbond substituents is 1. The molecule has 1 aromatic heterocycles. The zero-order valence-electron chi connectivity index (χ0n) is 17.8. The molecule has 0 bridgehead atoms. The van der Waals surface area contributed by atoms with Crippen LogP contribution in [-0.4, -0.2) is 47.2 Å². The fourth-order valence-corrected chi connectivity index (χ4v) is 3.89. The number of nitrogens with zero attached hydrogens (tertiary/aromatic N) is 2. The zero-order valence-corrected chi connectivity index (χ0v) is 18.6. The highest BCUT2D eigenvalue weighted by Crippen LogP contribution is 2.32. The molecule has 0 radical (unpaired) electrons. The van der Waals surface area contributed by atoms with Gasteiger partial charge in [0.15, 0.2) is 22.9 Å². The van der Waals surface area contributed by atoms with Gasteiger partial charge in [-0.2, -0.15) is 0 Å². The lowest BCUT2D eigenvalue weighted by Gasteiger charge is -2.30. The summed E-state index contributed by atoms with van der Waals surface area (Å²) in [6.45, 7) is 4.47. The molecule has 1 aliphatic rings. The van der Waals surface area contributed by atoms with E-state index in [0.717, 1.165) is 43.6 Å². The molecule has 3 aromatic rings. The number of hydrogen-bond donors (Lipinski definition) is 1. The van der Waals surface area contributed by atoms with Gasteiger partial charge in [-0.1, -0.05) is 17.3 Å². The number of halogens is 2. The van der Waals surface area contributed by atoms with Crippen molar-refractivity contribution in [3.05, 3.63) is 65.6 Å². The highest BCUT2D eigenvalue weighted by Gasteiger charge is 2.24. The summed E-state index contributed by atoms with van der Waals surface area (Å²) in [7, 11) is 0. The van der Waals surface area contributed by atoms with Gasteiger partial charge >= 0.3 is 0 Å². The van der Waals surface area contributed by atoms with Gasteiger partial charge in [-0.15, -0.1) is 12.4 Å². The summed E-state index contributed by atoms with van der Waals surface area (Å²) in [6.07, 6.45) is 5.89. The second-order valence-corrected chi connectivity index (χ2v) is 7.80. The number of fused-ring (bicyclic) bond motifs is 1. The second kappa shape index (κ2) is 10.6. The van der Waals surface area contributed by atoms with Crippen molar-refractivity contribution in [2.45, 2.75) is 25.7 Å². The second-order valence-electron chi connectivity index (χ2n) is 7.80. The molecule has 2 aromatic carbocycles. The molecule has 8 heteroatoms. The van der Waals surface area contributed by atoms with E-state index in [1.165, 1.54) is 25.1 Å². The molecule has 1 N–H and O–H groups in total. The number of benzene rings is 2. The van der Waals surface area contributed by atoms with Gasteiger partial charge in [0.05, 0.1) is 5.69 Å². The first kappa shape index (κ1) is 23.8. The molecule has 0 unspecified atom stereocenters. The summed E-state index contributed by atoms with van der Waals surface area (Å²) in [5.74, 6) is 0.241. The largest absolute Gasteiger partial charge is 0.504 e. The molecule has 1 fully saturated rings. The Balaban J connectivity index is 0.00000289. The van der Waals surface area contributed by atoms with E-state index in [9.17, 15) is 14.3 Å². The Hall–Kier alpha value is -2.90. The lowest BCUT2D eigenvalue weighted by Crippen LogP contribution is -2.33. The van der Waals surface area contributed by atoms with Crippen LogP contribution in [0.1, 0.15) is 41.7 Å². The molecule has 4 rings (SSSR count). The van der Waals surface area contributed by atoms with Crippen molar-refractivity contribution in [3.63, 3.8) is 0 Å². The number of piperidine rings is 1. The monoisotopic (exact) mass is 460 g/mol. The summed E-state index contributed by atoms with van der Waals surface area (Å²) < 4.78 is 24.2. The van der Waals surface area contributed by atoms with Gasteiger partial charge in [-0.3, -0.25) is 9.69 Å². The molecule has 32 heavy (non-hydrogen) atoms. The zero-order chi connectivity index (χ0) is 21.8. The molecule has 0 amide bonds. The molecule has 0 saturated carbocycles. The van der Waals surface area contributed by atoms with Crippen LogP contribution in [0.4, 0.5) is 4.39 Å². The van der Waals surface area contributed by atoms with Crippen LogP contribution in [0.2, 0.25) is 0 Å². The van der Waals surface area contributed by atoms with Gasteiger partial charge in [0.2, 0.25) is 0 Å². The van der Waals surface area contributed by atoms with Gasteiger partial charge in [0.1, 0.15) is 12.4 Å². The van der Waals surface area contributed by atoms with Crippen molar-refractivity contribution in [1.29, 1.82) is 0 Å². The summed E-state index contributed by atoms with van der Waals surface area (Å²) in [6, 6.07) is 9.16. The highest BCUT2D eigenvalue weighted by atomic mass is 35.5. The van der Waals surface area contributed by atoms with Crippen LogP contribution >= 0.6 is 12.4 Å². The van der Waals surface area contributed by atoms with Crippen LogP contribution < -0.4 is 4.74 Å². The minimum Gasteiger partial charge on any atom is -0.504 e. The Morgan fingerprint density at radius 1 is 1.25 bits per heavy atom. The number of carbonyl (C=O) groups excluding carboxylic acids is 1. The van der Waals surface area contributed by atoms with Gasteiger partial charge in [0, 0.05) is 29.5 Å². The third kappa shape index (κ3) is 5.47. The number of aromatic nitrogens is 1. The van der Waals surface area contributed by atoms with Crippen LogP contribution in [0.3, 0.4) is 0 Å². The van der Waals surface area contributed by atoms with Crippen molar-refractivity contribution in [3.8, 4) is 11.5 Å². The van der Waals surface area contributed by atoms with Crippen LogP contribution in [0, 0.1) is 5.82 Å². The van der Waals surface area contributed by atoms with E-state index < -0.39 is 0 Å². The third-order valence-electron chi connectivity index (χ3n) is 5.67. The Morgan fingerprint density at radius 2 is 2.03 bits per heavy atom. The average molecular weight is 461 g/mol. The Morgan fingerprint density at radius 3 is 2.78 bits per heavy atom. The van der Waals surface area contributed by atoms with E-state index in [1.807, 2.05) is 12.2 Å². The molecule has 1 saturated heterocycles. The predicted molar refractivity (Wildman–Crippen MR) is 122 cm³/mol. The fourth-order valence-electron chi connectivity index (χ4n) is 3.89. The molecule has 0 spiro atoms. The Labute approximate surface area is 192 Å². The minimum absolute atomic E-state index is 0. The molecule has 0 atom stereocenters. The number of ketones is 1. The van der Waals surface area contributed by atoms with E-state index >= 15 is 0 Å². The van der Waals surface area contributed by atoms with E-state index in [-0.39, 0.29) is 29.8 Å². The number of carbonyl (C=O) groups is 1. The Bertz CT molecular complexity index is 1110. The third-order valence-corrected chi connectivity index (χ3v) is 5.67. The van der Waals surface area contributed by atoms with Gasteiger partial charge in [0.25, 0.3) is 0 Å². The highest BCUT2D eigenvalue weighted by molar-refractivity contribution is 5.94. The fraction of sp³-hybridized carbons (Fsp3) is 0.333. The molecular weight excluding hydrogens is 435 g/mol. The smallest absolute Gasteiger partial charge is 0.170 e. The van der Waals surface area contributed by atoms with Crippen molar-refractivity contribution >= 4 is 29.2 Å². The SMILES string of the molecule is CC(=O)c1ccc(O)c(OC/C=C/CN2CCC(c3noc4cc(F)ccc34)CC2)c1.Cl. The van der Waals surface area contributed by atoms with Crippen LogP contribution in [0.15, 0.2) is 53.1 Å². The number of hydrogen-bond acceptors (Lipinski definition) is 6. The predicted octanol–water partition coefficient (Wildman–Crippen LogP) is 5.11.